The number of anilines is 4. The number of nitrogens with zero attached hydrogens (tertiary/aromatic N) is 2. The molecular formula is C60H50N2. The molecule has 0 unspecified atom stereocenters. The van der Waals surface area contributed by atoms with Crippen LogP contribution in [0.4, 0.5) is 22.7 Å². The van der Waals surface area contributed by atoms with Crippen molar-refractivity contribution in [2.75, 3.05) is 16.3 Å². The first-order chi connectivity index (χ1) is 30.2. The van der Waals surface area contributed by atoms with Gasteiger partial charge in [-0.1, -0.05) is 159 Å². The highest BCUT2D eigenvalue weighted by Gasteiger charge is 2.38. The first kappa shape index (κ1) is 36.9. The van der Waals surface area contributed by atoms with Gasteiger partial charge < -0.3 is 9.80 Å². The summed E-state index contributed by atoms with van der Waals surface area (Å²) in [5.41, 5.74) is 16.5. The fourth-order valence-electron chi connectivity index (χ4n) is 11.3. The minimum Gasteiger partial charge on any atom is -0.366 e. The molecule has 1 aliphatic heterocycles. The average molecular weight is 799 g/mol. The third kappa shape index (κ3) is 5.42. The maximum Gasteiger partial charge on any atom is 0.0547 e. The van der Waals surface area contributed by atoms with E-state index in [2.05, 4.69) is 220 Å². The van der Waals surface area contributed by atoms with E-state index in [1.54, 1.807) is 0 Å². The van der Waals surface area contributed by atoms with Gasteiger partial charge in [-0.15, -0.1) is 0 Å². The Balaban J connectivity index is 1.23. The zero-order valence-electron chi connectivity index (χ0n) is 36.3. The Labute approximate surface area is 365 Å². The Morgan fingerprint density at radius 2 is 1.13 bits per heavy atom. The molecule has 12 rings (SSSR count). The third-order valence-corrected chi connectivity index (χ3v) is 14.2. The number of rotatable bonds is 5. The normalized spacial score (nSPS) is 14.4. The lowest BCUT2D eigenvalue weighted by Gasteiger charge is -2.43. The molecule has 0 saturated carbocycles. The van der Waals surface area contributed by atoms with Gasteiger partial charge in [0.1, 0.15) is 0 Å². The molecule has 0 spiro atoms. The quantitative estimate of drug-likeness (QED) is 0.126. The first-order valence-electron chi connectivity index (χ1n) is 22.4. The van der Waals surface area contributed by atoms with Gasteiger partial charge in [0, 0.05) is 45.4 Å². The van der Waals surface area contributed by atoms with Crippen LogP contribution in [0.15, 0.2) is 176 Å². The molecule has 0 N–H and O–H groups in total. The van der Waals surface area contributed by atoms with Crippen LogP contribution in [0.25, 0.3) is 76.5 Å². The third-order valence-electron chi connectivity index (χ3n) is 14.2. The smallest absolute Gasteiger partial charge is 0.0547 e. The molecule has 2 aliphatic rings. The molecule has 2 heteroatoms. The van der Waals surface area contributed by atoms with E-state index in [4.69, 9.17) is 0 Å². The molecule has 0 amide bonds. The van der Waals surface area contributed by atoms with Gasteiger partial charge in [0.2, 0.25) is 0 Å². The van der Waals surface area contributed by atoms with Gasteiger partial charge in [0.15, 0.2) is 0 Å². The van der Waals surface area contributed by atoms with Gasteiger partial charge in [-0.05, 0) is 141 Å². The summed E-state index contributed by atoms with van der Waals surface area (Å²) in [5.74, 6) is 0. The molecule has 0 bridgehead atoms. The number of fused-ring (bicyclic) bond motifs is 6. The fraction of sp³-hybridized carbons (Fsp3) is 0.167. The molecule has 0 atom stereocenters. The number of hydrogen-bond acceptors (Lipinski definition) is 2. The zero-order valence-corrected chi connectivity index (χ0v) is 36.3. The van der Waals surface area contributed by atoms with Crippen molar-refractivity contribution in [1.29, 1.82) is 0 Å². The predicted octanol–water partition coefficient (Wildman–Crippen LogP) is 16.4. The van der Waals surface area contributed by atoms with E-state index < -0.39 is 0 Å². The maximum absolute atomic E-state index is 2.68. The molecule has 0 fully saturated rings. The molecule has 300 valence electrons. The topological polar surface area (TPSA) is 6.48 Å². The van der Waals surface area contributed by atoms with Crippen LogP contribution in [0.2, 0.25) is 0 Å². The van der Waals surface area contributed by atoms with E-state index in [1.165, 1.54) is 110 Å². The summed E-state index contributed by atoms with van der Waals surface area (Å²) in [6.45, 7) is 13.0. The van der Waals surface area contributed by atoms with E-state index in [-0.39, 0.29) is 11.0 Å². The Morgan fingerprint density at radius 1 is 0.484 bits per heavy atom. The molecule has 0 aromatic heterocycles. The number of hydrogen-bond donors (Lipinski definition) is 0. The highest BCUT2D eigenvalue weighted by atomic mass is 15.2. The molecule has 0 radical (unpaired) electrons. The lowest BCUT2D eigenvalue weighted by molar-refractivity contribution is 0.484. The van der Waals surface area contributed by atoms with Gasteiger partial charge in [0.05, 0.1) is 11.4 Å². The van der Waals surface area contributed by atoms with Crippen LogP contribution in [-0.2, 0) is 11.8 Å². The summed E-state index contributed by atoms with van der Waals surface area (Å²) in [7, 11) is 0. The molecule has 2 nitrogen and oxygen atoms in total. The van der Waals surface area contributed by atoms with E-state index >= 15 is 0 Å². The van der Waals surface area contributed by atoms with Crippen molar-refractivity contribution in [2.24, 2.45) is 0 Å². The van der Waals surface area contributed by atoms with Crippen LogP contribution in [0.1, 0.15) is 57.7 Å². The molecule has 1 aliphatic carbocycles. The fourth-order valence-corrected chi connectivity index (χ4v) is 11.3. The first-order valence-corrected chi connectivity index (χ1v) is 22.4. The van der Waals surface area contributed by atoms with Crippen molar-refractivity contribution < 1.29 is 0 Å². The predicted molar refractivity (Wildman–Crippen MR) is 266 cm³/mol. The maximum atomic E-state index is 2.68. The second-order valence-corrected chi connectivity index (χ2v) is 19.1. The van der Waals surface area contributed by atoms with Crippen LogP contribution in [0, 0.1) is 0 Å². The van der Waals surface area contributed by atoms with Crippen molar-refractivity contribution in [2.45, 2.75) is 58.4 Å². The summed E-state index contributed by atoms with van der Waals surface area (Å²) in [4.78, 5) is 5.30. The van der Waals surface area contributed by atoms with Crippen LogP contribution >= 0.6 is 0 Å². The van der Waals surface area contributed by atoms with Gasteiger partial charge in [-0.3, -0.25) is 0 Å². The number of para-hydroxylation sites is 1. The minimum atomic E-state index is -0.190. The summed E-state index contributed by atoms with van der Waals surface area (Å²) < 4.78 is 0. The highest BCUT2D eigenvalue weighted by Crippen LogP contribution is 2.56. The van der Waals surface area contributed by atoms with E-state index in [0.29, 0.717) is 0 Å². The monoisotopic (exact) mass is 798 g/mol. The second-order valence-electron chi connectivity index (χ2n) is 19.1. The lowest BCUT2D eigenvalue weighted by Crippen LogP contribution is -2.44. The molecular weight excluding hydrogens is 749 g/mol. The molecule has 0 saturated heterocycles. The highest BCUT2D eigenvalue weighted by molar-refractivity contribution is 6.35. The van der Waals surface area contributed by atoms with Gasteiger partial charge >= 0.3 is 0 Å². The van der Waals surface area contributed by atoms with E-state index in [0.717, 1.165) is 25.1 Å². The standard InChI is InChI=1S/C60H50N2/c1-59(2,3)61-35-15-22-42-21-14-26-47(58(42)61)50-36-49-44-23-9-10-28-51(44)60(4,5)52(49)37-54(50)62(43-32-29-39(30-33-43)38-16-7-6-8-17-38)53-34-31-41-20-12-25-46-45-24-11-18-40-19-13-27-48(55(40)45)57(53)56(41)46/h6-14,16-21,23-34,36-37H,15,22,35H2,1-5H3. The largest absolute Gasteiger partial charge is 0.366 e. The van der Waals surface area contributed by atoms with E-state index in [9.17, 15) is 0 Å². The van der Waals surface area contributed by atoms with Gasteiger partial charge in [-0.25, -0.2) is 0 Å². The van der Waals surface area contributed by atoms with Crippen molar-refractivity contribution >= 4 is 65.8 Å². The molecule has 62 heavy (non-hydrogen) atoms. The summed E-state index contributed by atoms with van der Waals surface area (Å²) in [6.07, 6.45) is 2.24. The Hall–Kier alpha value is -6.90. The van der Waals surface area contributed by atoms with E-state index in [1.807, 2.05) is 0 Å². The van der Waals surface area contributed by atoms with Crippen LogP contribution in [0.3, 0.4) is 0 Å². The number of aryl methyl sites for hydroxylation is 1. The second kappa shape index (κ2) is 13.6. The Morgan fingerprint density at radius 3 is 1.89 bits per heavy atom. The molecule has 10 aromatic rings. The van der Waals surface area contributed by atoms with Gasteiger partial charge in [0.25, 0.3) is 0 Å². The van der Waals surface area contributed by atoms with Crippen molar-refractivity contribution in [3.8, 4) is 33.4 Å². The van der Waals surface area contributed by atoms with Crippen LogP contribution in [0.5, 0.6) is 0 Å². The van der Waals surface area contributed by atoms with Crippen molar-refractivity contribution in [1.82, 2.24) is 0 Å². The minimum absolute atomic E-state index is 0.0469. The van der Waals surface area contributed by atoms with Crippen LogP contribution < -0.4 is 9.80 Å². The Bertz CT molecular complexity index is 3380. The molecule has 1 heterocycles. The summed E-state index contributed by atoms with van der Waals surface area (Å²) in [5, 5.41) is 10.3. The number of benzene rings is 10. The van der Waals surface area contributed by atoms with Crippen molar-refractivity contribution in [3.63, 3.8) is 0 Å². The summed E-state index contributed by atoms with van der Waals surface area (Å²) >= 11 is 0. The zero-order chi connectivity index (χ0) is 41.9. The lowest BCUT2D eigenvalue weighted by atomic mass is 9.81. The van der Waals surface area contributed by atoms with Gasteiger partial charge in [-0.2, -0.15) is 0 Å². The summed E-state index contributed by atoms with van der Waals surface area (Å²) in [6, 6.07) is 66.6. The SMILES string of the molecule is CC1(C)c2ccccc2-c2cc(-c3cccc4c3N(C(C)(C)C)CCC4)c(N(c3ccc(-c4ccccc4)cc3)c3ccc4cccc5c6cccc7cccc(c3c45)c76)cc21. The van der Waals surface area contributed by atoms with Crippen molar-refractivity contribution in [3.05, 3.63) is 193 Å². The Kier molecular flexibility index (Phi) is 8.07. The molecule has 10 aromatic carbocycles. The average Bonchev–Trinajstić information content (AvgIpc) is 3.52. The van der Waals surface area contributed by atoms with Crippen LogP contribution in [-0.4, -0.2) is 12.1 Å².